The molecule has 6 nitrogen and oxygen atoms in total. The van der Waals surface area contributed by atoms with Crippen LogP contribution in [0, 0.1) is 11.8 Å². The molecular weight excluding hydrogens is 641 g/mol. The third kappa shape index (κ3) is 5.59. The van der Waals surface area contributed by atoms with Crippen LogP contribution in [0.3, 0.4) is 0 Å². The molecular formula is C46H54N4O2. The van der Waals surface area contributed by atoms with Crippen molar-refractivity contribution in [1.29, 1.82) is 0 Å². The van der Waals surface area contributed by atoms with Gasteiger partial charge in [-0.15, -0.1) is 0 Å². The quantitative estimate of drug-likeness (QED) is 0.131. The molecule has 0 atom stereocenters. The number of aliphatic hydroxyl groups is 1. The Hall–Kier alpha value is -4.32. The smallest absolute Gasteiger partial charge is 0.201 e. The molecule has 2 fully saturated rings. The van der Waals surface area contributed by atoms with E-state index in [4.69, 9.17) is 4.99 Å². The Balaban J connectivity index is 1.11. The SMILES string of the molecule is CCCCCC1CCC2(CC1)N=c1c(=C3C(=O)C(c4ccc5cccc6c5c4NC4(CCC(CCCCC)CC4)N6)=C3O)ccc3cccc(c13)N2. The summed E-state index contributed by atoms with van der Waals surface area (Å²) >= 11 is 0. The van der Waals surface area contributed by atoms with Gasteiger partial charge >= 0.3 is 0 Å². The fourth-order valence-electron chi connectivity index (χ4n) is 10.3. The minimum absolute atomic E-state index is 0.0857. The third-order valence-corrected chi connectivity index (χ3v) is 13.3. The first kappa shape index (κ1) is 33.5. The first-order valence-corrected chi connectivity index (χ1v) is 20.5. The van der Waals surface area contributed by atoms with Crippen molar-refractivity contribution in [2.75, 3.05) is 16.0 Å². The number of nitrogens with one attached hydrogen (secondary N) is 3. The minimum Gasteiger partial charge on any atom is -0.506 e. The van der Waals surface area contributed by atoms with Crippen LogP contribution in [0.15, 0.2) is 71.4 Å². The molecule has 52 heavy (non-hydrogen) atoms. The zero-order valence-electron chi connectivity index (χ0n) is 31.0. The van der Waals surface area contributed by atoms with Crippen LogP contribution in [0.1, 0.15) is 122 Å². The maximum atomic E-state index is 14.5. The largest absolute Gasteiger partial charge is 0.506 e. The second-order valence-electron chi connectivity index (χ2n) is 16.7. The lowest BCUT2D eigenvalue weighted by molar-refractivity contribution is -0.109. The number of aliphatic hydroxyl groups excluding tert-OH is 1. The summed E-state index contributed by atoms with van der Waals surface area (Å²) < 4.78 is 0. The molecule has 270 valence electrons. The summed E-state index contributed by atoms with van der Waals surface area (Å²) in [6.45, 7) is 4.55. The van der Waals surface area contributed by atoms with E-state index in [2.05, 4.69) is 78.3 Å². The lowest BCUT2D eigenvalue weighted by Crippen LogP contribution is -2.51. The molecule has 2 heterocycles. The van der Waals surface area contributed by atoms with Crippen molar-refractivity contribution in [1.82, 2.24) is 0 Å². The minimum atomic E-state index is -0.382. The van der Waals surface area contributed by atoms with Gasteiger partial charge in [-0.2, -0.15) is 0 Å². The van der Waals surface area contributed by atoms with Crippen LogP contribution >= 0.6 is 0 Å². The van der Waals surface area contributed by atoms with Gasteiger partial charge in [0.05, 0.1) is 22.2 Å². The van der Waals surface area contributed by atoms with E-state index in [9.17, 15) is 9.90 Å². The predicted molar refractivity (Wildman–Crippen MR) is 215 cm³/mol. The van der Waals surface area contributed by atoms with Crippen molar-refractivity contribution in [2.45, 2.75) is 128 Å². The van der Waals surface area contributed by atoms with Crippen molar-refractivity contribution < 1.29 is 9.90 Å². The van der Waals surface area contributed by atoms with Gasteiger partial charge in [0.1, 0.15) is 17.1 Å². The van der Waals surface area contributed by atoms with Crippen molar-refractivity contribution >= 4 is 55.5 Å². The number of benzene rings is 4. The maximum Gasteiger partial charge on any atom is 0.201 e. The van der Waals surface area contributed by atoms with Crippen LogP contribution in [-0.2, 0) is 4.79 Å². The van der Waals surface area contributed by atoms with Crippen molar-refractivity contribution in [3.05, 3.63) is 82.6 Å². The normalized spacial score (nSPS) is 27.3. The highest BCUT2D eigenvalue weighted by atomic mass is 16.3. The molecule has 0 bridgehead atoms. The van der Waals surface area contributed by atoms with Crippen molar-refractivity contribution in [3.63, 3.8) is 0 Å². The van der Waals surface area contributed by atoms with Gasteiger partial charge in [-0.3, -0.25) is 9.79 Å². The van der Waals surface area contributed by atoms with Crippen LogP contribution in [0.4, 0.5) is 17.1 Å². The Morgan fingerprint density at radius 3 is 1.96 bits per heavy atom. The molecule has 4 N–H and O–H groups in total. The number of nitrogens with zero attached hydrogens (tertiary/aromatic N) is 1. The highest BCUT2D eigenvalue weighted by Crippen LogP contribution is 2.50. The van der Waals surface area contributed by atoms with Crippen molar-refractivity contribution in [2.24, 2.45) is 16.8 Å². The number of carbonyl (C=O) groups is 1. The number of anilines is 3. The van der Waals surface area contributed by atoms with Crippen LogP contribution in [0.2, 0.25) is 0 Å². The monoisotopic (exact) mass is 694 g/mol. The Morgan fingerprint density at radius 1 is 0.692 bits per heavy atom. The van der Waals surface area contributed by atoms with E-state index in [0.717, 1.165) is 105 Å². The molecule has 2 aliphatic heterocycles. The number of unbranched alkanes of at least 4 members (excludes halogenated alkanes) is 4. The summed E-state index contributed by atoms with van der Waals surface area (Å²) in [5.74, 6) is 1.51. The van der Waals surface area contributed by atoms with Gasteiger partial charge in [-0.25, -0.2) is 0 Å². The number of ketones is 1. The molecule has 5 aliphatic rings. The lowest BCUT2D eigenvalue weighted by atomic mass is 9.76. The first-order chi connectivity index (χ1) is 25.4. The summed E-state index contributed by atoms with van der Waals surface area (Å²) in [6, 6.07) is 21.0. The summed E-state index contributed by atoms with van der Waals surface area (Å²) in [6.07, 6.45) is 19.1. The standard InChI is InChI=1S/C46H54N4O2/c1-3-5-7-11-29-21-25-45(26-22-29)47-35-15-9-13-31-17-19-33(41(49-45)37(31)35)39-43(51)40(44(39)52)34-20-18-32-14-10-16-36-38(32)42(34)50-46(48-36)27-23-30(24-28-46)12-8-6-4-2/h9-10,13-20,29-30,47-49,51H,3-8,11-12,21-28H2,1-2H3. The van der Waals surface area contributed by atoms with Gasteiger partial charge < -0.3 is 21.1 Å². The van der Waals surface area contributed by atoms with Gasteiger partial charge in [-0.1, -0.05) is 114 Å². The Bertz CT molecular complexity index is 2220. The number of carbonyl (C=O) groups excluding carboxylic acids is 1. The fourth-order valence-corrected chi connectivity index (χ4v) is 10.3. The average Bonchev–Trinajstić information content (AvgIpc) is 3.16. The first-order valence-electron chi connectivity index (χ1n) is 20.5. The number of Topliss-reactive ketones (excluding diaryl/α,β-unsaturated/α-hetero) is 1. The number of hydrogen-bond acceptors (Lipinski definition) is 6. The van der Waals surface area contributed by atoms with Crippen LogP contribution < -0.4 is 26.5 Å². The molecule has 0 unspecified atom stereocenters. The molecule has 0 radical (unpaired) electrons. The number of allylic oxidation sites excluding steroid dienone is 2. The summed E-state index contributed by atoms with van der Waals surface area (Å²) in [7, 11) is 0. The van der Waals surface area contributed by atoms with Gasteiger partial charge in [-0.05, 0) is 86.1 Å². The zero-order chi connectivity index (χ0) is 35.5. The molecule has 0 aromatic heterocycles. The molecule has 9 rings (SSSR count). The second-order valence-corrected chi connectivity index (χ2v) is 16.7. The van der Waals surface area contributed by atoms with E-state index in [-0.39, 0.29) is 22.9 Å². The van der Waals surface area contributed by atoms with E-state index in [1.165, 1.54) is 64.2 Å². The lowest BCUT2D eigenvalue weighted by Gasteiger charge is -2.46. The number of rotatable bonds is 9. The topological polar surface area (TPSA) is 85.8 Å². The third-order valence-electron chi connectivity index (χ3n) is 13.3. The summed E-state index contributed by atoms with van der Waals surface area (Å²) in [5, 5.41) is 29.7. The summed E-state index contributed by atoms with van der Waals surface area (Å²) in [4.78, 5) is 20.0. The maximum absolute atomic E-state index is 14.5. The zero-order valence-corrected chi connectivity index (χ0v) is 31.0. The number of hydrogen-bond donors (Lipinski definition) is 4. The predicted octanol–water partition coefficient (Wildman–Crippen LogP) is 10.5. The van der Waals surface area contributed by atoms with Crippen LogP contribution in [0.5, 0.6) is 0 Å². The molecule has 3 aliphatic carbocycles. The van der Waals surface area contributed by atoms with E-state index in [1.54, 1.807) is 0 Å². The van der Waals surface area contributed by atoms with E-state index in [0.29, 0.717) is 11.1 Å². The Labute approximate surface area is 307 Å². The van der Waals surface area contributed by atoms with E-state index in [1.807, 2.05) is 12.1 Å². The van der Waals surface area contributed by atoms with Gasteiger partial charge in [0.25, 0.3) is 0 Å². The Morgan fingerprint density at radius 2 is 1.31 bits per heavy atom. The molecule has 0 saturated heterocycles. The Kier molecular flexibility index (Phi) is 8.55. The van der Waals surface area contributed by atoms with Gasteiger partial charge in [0.2, 0.25) is 5.78 Å². The summed E-state index contributed by atoms with van der Waals surface area (Å²) in [5.41, 5.74) is 4.12. The molecule has 4 aromatic rings. The van der Waals surface area contributed by atoms with Crippen molar-refractivity contribution in [3.8, 4) is 0 Å². The highest BCUT2D eigenvalue weighted by molar-refractivity contribution is 6.52. The molecule has 4 aromatic carbocycles. The average molecular weight is 695 g/mol. The highest BCUT2D eigenvalue weighted by Gasteiger charge is 2.43. The molecule has 2 spiro atoms. The van der Waals surface area contributed by atoms with Gasteiger partial charge in [0, 0.05) is 32.9 Å². The fraction of sp³-hybridized carbons (Fsp3) is 0.478. The van der Waals surface area contributed by atoms with E-state index >= 15 is 0 Å². The van der Waals surface area contributed by atoms with Crippen LogP contribution in [-0.4, -0.2) is 22.2 Å². The molecule has 6 heteroatoms. The molecule has 0 amide bonds. The second kappa shape index (κ2) is 13.3. The molecule has 2 saturated carbocycles. The van der Waals surface area contributed by atoms with Crippen LogP contribution in [0.25, 0.3) is 32.7 Å². The van der Waals surface area contributed by atoms with E-state index < -0.39 is 0 Å². The van der Waals surface area contributed by atoms with Gasteiger partial charge in [0.15, 0.2) is 0 Å².